The van der Waals surface area contributed by atoms with Gasteiger partial charge in [-0.3, -0.25) is 5.10 Å². The number of H-pyrrole nitrogens is 1. The van der Waals surface area contributed by atoms with Gasteiger partial charge in [0.25, 0.3) is 0 Å². The van der Waals surface area contributed by atoms with Crippen LogP contribution >= 0.6 is 0 Å². The van der Waals surface area contributed by atoms with Gasteiger partial charge in [-0.2, -0.15) is 5.10 Å². The molecule has 0 bridgehead atoms. The number of nitrogens with zero attached hydrogens (tertiary/aromatic N) is 3. The molecule has 1 N–H and O–H groups in total. The maximum Gasteiger partial charge on any atom is 0.320 e. The van der Waals surface area contributed by atoms with Crippen LogP contribution in [0.25, 0.3) is 0 Å². The molecule has 1 saturated heterocycles. The molecule has 6 nitrogen and oxygen atoms in total. The molecule has 1 atom stereocenters. The first-order valence-electron chi connectivity index (χ1n) is 7.24. The van der Waals surface area contributed by atoms with Gasteiger partial charge in [-0.05, 0) is 27.7 Å². The van der Waals surface area contributed by atoms with Crippen LogP contribution < -0.4 is 0 Å². The zero-order chi connectivity index (χ0) is 14.7. The van der Waals surface area contributed by atoms with E-state index in [4.69, 9.17) is 4.74 Å². The quantitative estimate of drug-likeness (QED) is 0.919. The Labute approximate surface area is 120 Å². The molecule has 1 aromatic rings. The van der Waals surface area contributed by atoms with Crippen LogP contribution in [0.1, 0.15) is 36.8 Å². The number of aromatic amines is 1. The number of nitrogens with one attached hydrogen (secondary N) is 1. The Morgan fingerprint density at radius 3 is 2.70 bits per heavy atom. The van der Waals surface area contributed by atoms with Crippen LogP contribution in [0.2, 0.25) is 0 Å². The van der Waals surface area contributed by atoms with Crippen molar-refractivity contribution in [3.8, 4) is 0 Å². The smallest absolute Gasteiger partial charge is 0.320 e. The standard InChI is InChI=1S/C14H24N4O2/c1-5-17(6-2)14(19)18-7-8-20-9-12(18)13-10(3)15-16-11(13)4/h12H,5-9H2,1-4H3,(H,15,16). The van der Waals surface area contributed by atoms with E-state index in [9.17, 15) is 4.79 Å². The number of aryl methyl sites for hydroxylation is 2. The average Bonchev–Trinajstić information content (AvgIpc) is 2.79. The van der Waals surface area contributed by atoms with Crippen molar-refractivity contribution in [1.29, 1.82) is 0 Å². The minimum atomic E-state index is -0.0457. The van der Waals surface area contributed by atoms with Gasteiger partial charge in [-0.25, -0.2) is 4.79 Å². The molecule has 2 amide bonds. The van der Waals surface area contributed by atoms with Gasteiger partial charge in [0, 0.05) is 30.9 Å². The van der Waals surface area contributed by atoms with Crippen molar-refractivity contribution in [3.63, 3.8) is 0 Å². The Bertz CT molecular complexity index is 448. The van der Waals surface area contributed by atoms with Crippen LogP contribution in [-0.4, -0.2) is 58.9 Å². The Morgan fingerprint density at radius 2 is 2.15 bits per heavy atom. The molecule has 1 aliphatic heterocycles. The number of ether oxygens (including phenoxy) is 1. The van der Waals surface area contributed by atoms with Crippen LogP contribution in [0, 0.1) is 13.8 Å². The number of rotatable bonds is 3. The summed E-state index contributed by atoms with van der Waals surface area (Å²) in [6.07, 6.45) is 0. The van der Waals surface area contributed by atoms with Crippen molar-refractivity contribution < 1.29 is 9.53 Å². The van der Waals surface area contributed by atoms with E-state index in [0.29, 0.717) is 19.8 Å². The molecule has 0 aliphatic carbocycles. The van der Waals surface area contributed by atoms with Gasteiger partial charge in [-0.1, -0.05) is 0 Å². The largest absolute Gasteiger partial charge is 0.377 e. The maximum absolute atomic E-state index is 12.7. The third-order valence-electron chi connectivity index (χ3n) is 3.93. The van der Waals surface area contributed by atoms with Crippen LogP contribution in [0.5, 0.6) is 0 Å². The zero-order valence-corrected chi connectivity index (χ0v) is 12.8. The highest BCUT2D eigenvalue weighted by Crippen LogP contribution is 2.29. The van der Waals surface area contributed by atoms with Crippen molar-refractivity contribution >= 4 is 6.03 Å². The lowest BCUT2D eigenvalue weighted by molar-refractivity contribution is 0.00334. The fourth-order valence-electron chi connectivity index (χ4n) is 2.80. The molecule has 6 heteroatoms. The van der Waals surface area contributed by atoms with Crippen molar-refractivity contribution in [2.45, 2.75) is 33.7 Å². The summed E-state index contributed by atoms with van der Waals surface area (Å²) < 4.78 is 5.59. The van der Waals surface area contributed by atoms with Crippen LogP contribution in [0.3, 0.4) is 0 Å². The van der Waals surface area contributed by atoms with Gasteiger partial charge in [0.05, 0.1) is 24.9 Å². The van der Waals surface area contributed by atoms with E-state index < -0.39 is 0 Å². The predicted molar refractivity (Wildman–Crippen MR) is 76.6 cm³/mol. The summed E-state index contributed by atoms with van der Waals surface area (Å²) >= 11 is 0. The van der Waals surface area contributed by atoms with Crippen LogP contribution in [-0.2, 0) is 4.74 Å². The Balaban J connectivity index is 2.28. The van der Waals surface area contributed by atoms with E-state index in [0.717, 1.165) is 30.0 Å². The lowest BCUT2D eigenvalue weighted by Crippen LogP contribution is -2.49. The van der Waals surface area contributed by atoms with Crippen molar-refractivity contribution in [1.82, 2.24) is 20.0 Å². The Hall–Kier alpha value is -1.56. The highest BCUT2D eigenvalue weighted by atomic mass is 16.5. The first kappa shape index (κ1) is 14.8. The number of amides is 2. The molecule has 1 unspecified atom stereocenters. The molecule has 20 heavy (non-hydrogen) atoms. The lowest BCUT2D eigenvalue weighted by Gasteiger charge is -2.38. The van der Waals surface area contributed by atoms with Crippen LogP contribution in [0.15, 0.2) is 0 Å². The predicted octanol–water partition coefficient (Wildman–Crippen LogP) is 1.86. The van der Waals surface area contributed by atoms with Gasteiger partial charge in [-0.15, -0.1) is 0 Å². The Kier molecular flexibility index (Phi) is 4.65. The summed E-state index contributed by atoms with van der Waals surface area (Å²) in [5.41, 5.74) is 3.04. The first-order chi connectivity index (χ1) is 9.60. The van der Waals surface area contributed by atoms with Gasteiger partial charge < -0.3 is 14.5 Å². The number of aromatic nitrogens is 2. The number of hydrogen-bond donors (Lipinski definition) is 1. The van der Waals surface area contributed by atoms with E-state index in [1.54, 1.807) is 0 Å². The first-order valence-corrected chi connectivity index (χ1v) is 7.24. The summed E-state index contributed by atoms with van der Waals surface area (Å²) in [5.74, 6) is 0. The number of carbonyl (C=O) groups excluding carboxylic acids is 1. The second kappa shape index (κ2) is 6.26. The maximum atomic E-state index is 12.7. The number of morpholine rings is 1. The summed E-state index contributed by atoms with van der Waals surface area (Å²) in [5, 5.41) is 7.23. The monoisotopic (exact) mass is 280 g/mol. The van der Waals surface area contributed by atoms with Crippen molar-refractivity contribution in [2.75, 3.05) is 32.8 Å². The summed E-state index contributed by atoms with van der Waals surface area (Å²) in [7, 11) is 0. The summed E-state index contributed by atoms with van der Waals surface area (Å²) in [6, 6.07) is 0.0406. The molecule has 1 aromatic heterocycles. The molecule has 112 valence electrons. The van der Waals surface area contributed by atoms with E-state index in [-0.39, 0.29) is 12.1 Å². The van der Waals surface area contributed by atoms with E-state index in [2.05, 4.69) is 10.2 Å². The van der Waals surface area contributed by atoms with Crippen LogP contribution in [0.4, 0.5) is 4.79 Å². The minimum absolute atomic E-state index is 0.0457. The third-order valence-corrected chi connectivity index (χ3v) is 3.93. The number of urea groups is 1. The van der Waals surface area contributed by atoms with Gasteiger partial charge in [0.2, 0.25) is 0 Å². The van der Waals surface area contributed by atoms with E-state index >= 15 is 0 Å². The molecular formula is C14H24N4O2. The second-order valence-electron chi connectivity index (χ2n) is 5.09. The molecule has 2 rings (SSSR count). The normalized spacial score (nSPS) is 19.2. The topological polar surface area (TPSA) is 61.5 Å². The molecule has 1 aliphatic rings. The molecule has 0 aromatic carbocycles. The summed E-state index contributed by atoms with van der Waals surface area (Å²) in [4.78, 5) is 16.4. The van der Waals surface area contributed by atoms with E-state index in [1.165, 1.54) is 0 Å². The highest BCUT2D eigenvalue weighted by molar-refractivity contribution is 5.75. The molecule has 0 radical (unpaired) electrons. The highest BCUT2D eigenvalue weighted by Gasteiger charge is 2.33. The molecule has 1 fully saturated rings. The van der Waals surface area contributed by atoms with E-state index in [1.807, 2.05) is 37.5 Å². The van der Waals surface area contributed by atoms with Gasteiger partial charge >= 0.3 is 6.03 Å². The SMILES string of the molecule is CCN(CC)C(=O)N1CCOCC1c1c(C)n[nH]c1C. The molecular weight excluding hydrogens is 256 g/mol. The second-order valence-corrected chi connectivity index (χ2v) is 5.09. The lowest BCUT2D eigenvalue weighted by atomic mass is 10.0. The molecule has 0 saturated carbocycles. The number of hydrogen-bond acceptors (Lipinski definition) is 3. The van der Waals surface area contributed by atoms with Crippen molar-refractivity contribution in [3.05, 3.63) is 17.0 Å². The van der Waals surface area contributed by atoms with Crippen molar-refractivity contribution in [2.24, 2.45) is 0 Å². The zero-order valence-electron chi connectivity index (χ0n) is 12.8. The van der Waals surface area contributed by atoms with Gasteiger partial charge in [0.1, 0.15) is 0 Å². The molecule has 2 heterocycles. The minimum Gasteiger partial charge on any atom is -0.377 e. The van der Waals surface area contributed by atoms with Gasteiger partial charge in [0.15, 0.2) is 0 Å². The fraction of sp³-hybridized carbons (Fsp3) is 0.714. The fourth-order valence-corrected chi connectivity index (χ4v) is 2.80. The average molecular weight is 280 g/mol. The summed E-state index contributed by atoms with van der Waals surface area (Å²) in [6.45, 7) is 11.2. The molecule has 0 spiro atoms. The number of carbonyl (C=O) groups is 1. The third kappa shape index (κ3) is 2.65. The Morgan fingerprint density at radius 1 is 1.45 bits per heavy atom.